The van der Waals surface area contributed by atoms with Crippen LogP contribution in [0.3, 0.4) is 0 Å². The quantitative estimate of drug-likeness (QED) is 0.0180. The first-order chi connectivity index (χ1) is 67.1. The lowest BCUT2D eigenvalue weighted by Crippen LogP contribution is -2.15. The first kappa shape index (κ1) is 98.4. The van der Waals surface area contributed by atoms with Crippen molar-refractivity contribution in [2.45, 2.75) is 13.8 Å². The van der Waals surface area contributed by atoms with Gasteiger partial charge in [-0.05, 0) is 370 Å². The number of nitrogens with one attached hydrogen (secondary N) is 8. The summed E-state index contributed by atoms with van der Waals surface area (Å²) in [6.45, 7) is 3.80. The maximum absolute atomic E-state index is 12.8. The Morgan fingerprint density at radius 3 is 0.755 bits per heavy atom. The molecule has 0 saturated heterocycles. The highest BCUT2D eigenvalue weighted by molar-refractivity contribution is 6.11. The molecular weight excluding hydrogens is 1750 g/mol. The van der Waals surface area contributed by atoms with Crippen molar-refractivity contribution in [3.63, 3.8) is 0 Å². The zero-order chi connectivity index (χ0) is 99.0. The van der Waals surface area contributed by atoms with E-state index in [1.54, 1.807) is 291 Å². The number of esters is 1. The minimum Gasteiger partial charge on any atom is -0.457 e. The Hall–Kier alpha value is -21.2. The monoisotopic (exact) mass is 1870 g/mol. The molecule has 24 N–H and O–H groups in total. The van der Waals surface area contributed by atoms with Gasteiger partial charge in [0.15, 0.2) is 0 Å². The van der Waals surface area contributed by atoms with Crippen LogP contribution in [-0.4, -0.2) is 53.2 Å². The Bertz CT molecular complexity index is 7180. The number of hydrogen-bond donors (Lipinski definition) is 16. The van der Waals surface area contributed by atoms with Gasteiger partial charge < -0.3 is 103 Å². The van der Waals surface area contributed by atoms with Crippen LogP contribution in [0.15, 0.2) is 322 Å². The van der Waals surface area contributed by atoms with Crippen LogP contribution in [0.5, 0.6) is 23.0 Å². The third-order valence-corrected chi connectivity index (χ3v) is 19.1. The fourth-order valence-electron chi connectivity index (χ4n) is 11.9. The fraction of sp³-hybridized carbons (Fsp3) is 0.0180. The largest absolute Gasteiger partial charge is 0.457 e. The normalized spacial score (nSPS) is 9.59. The van der Waals surface area contributed by atoms with Crippen LogP contribution in [0.1, 0.15) is 130 Å². The summed E-state index contributed by atoms with van der Waals surface area (Å²) in [4.78, 5) is 113. The number of aryl methyl sites for hydroxylation is 2. The zero-order valence-electron chi connectivity index (χ0n) is 74.2. The van der Waals surface area contributed by atoms with Crippen LogP contribution in [0.2, 0.25) is 0 Å². The van der Waals surface area contributed by atoms with Gasteiger partial charge in [-0.15, -0.1) is 6.42 Å². The third kappa shape index (κ3) is 31.9. The Kier molecular flexibility index (Phi) is 35.1. The molecule has 14 aromatic rings. The number of ether oxygens (including phenoxy) is 3. The standard InChI is InChI=1S/C37H18N4O4.C28H26N4O3.C26H22N4O3.C20H18N4O2.18H2/c1-2-3-4-5-6-7-8-9-10-11-12-13-14-15-24-45-37(44)30-25-33(40-35(42)28-16-20-31(38)21-17-28)27-34(26-30)41-36(43)29-18-22-32(39)23-19-29;1-17-3-9-21(29)15-25(17)31-27(33)19-5-11-23(12-6-19)35-24-13-7-20(8-14-24)28(34)32-26-16-22(30)10-4-18(26)2;27-19-5-1-17(2-6-19)25(31)29-21-9-13-23(14-10-21)33-24-15-11-22(12-16-24)30-26(32)18-3-7-20(28)8-4-18;21-15-4-8-17(9-5-15)23-19(25)13-2-1-3-14(12-13)20(26)24-18-10-6-16(22)7-11-18;;;;;;;;;;;;;;;;;;/h1,16-23,25-27H,38-39H2,(H,40,42)(H,41,43);3-16H,29-30H2,1-2H3,(H,31,33)(H,32,34);1-16H,27-28H2,(H,29,31)(H,30,32);1-12H,21-22H2,(H,23,25)(H,24,26);18*1H. The van der Waals surface area contributed by atoms with Crippen molar-refractivity contribution in [3.8, 4) is 118 Å². The Labute approximate surface area is 827 Å². The lowest BCUT2D eigenvalue weighted by Gasteiger charge is -2.11. The van der Waals surface area contributed by atoms with Crippen LogP contribution in [0, 0.1) is 109 Å². The molecule has 0 atom stereocenters. The van der Waals surface area contributed by atoms with Gasteiger partial charge >= 0.3 is 5.97 Å². The summed E-state index contributed by atoms with van der Waals surface area (Å²) < 4.78 is 16.7. The second-order valence-electron chi connectivity index (χ2n) is 29.5. The summed E-state index contributed by atoms with van der Waals surface area (Å²) in [6, 6.07) is 88.7. The van der Waals surface area contributed by atoms with Crippen molar-refractivity contribution < 1.29 is 83.0 Å². The number of hydrogen-bond acceptors (Lipinski definition) is 20. The van der Waals surface area contributed by atoms with Gasteiger partial charge in [0, 0.05) is 203 Å². The molecule has 716 valence electrons. The van der Waals surface area contributed by atoms with Crippen molar-refractivity contribution in [2.75, 3.05) is 88.4 Å². The van der Waals surface area contributed by atoms with E-state index < -0.39 is 17.8 Å². The van der Waals surface area contributed by atoms with Gasteiger partial charge in [0.25, 0.3) is 47.3 Å². The van der Waals surface area contributed by atoms with Crippen molar-refractivity contribution in [2.24, 2.45) is 0 Å². The molecule has 0 aromatic heterocycles. The van der Waals surface area contributed by atoms with E-state index in [2.05, 4.69) is 132 Å². The van der Waals surface area contributed by atoms with Crippen LogP contribution >= 0.6 is 0 Å². The van der Waals surface area contributed by atoms with Crippen LogP contribution in [0.4, 0.5) is 91.0 Å². The number of amides is 8. The number of nitrogen functional groups attached to an aromatic ring is 8. The highest BCUT2D eigenvalue weighted by atomic mass is 16.5. The maximum atomic E-state index is 12.8. The van der Waals surface area contributed by atoms with Gasteiger partial charge in [-0.25, -0.2) is 4.79 Å². The SMILES string of the molecule is C#CC#CC#CC#CC#CC#CC#CC#COC(=O)c1cc(NC(=O)c2ccc(N)cc2)cc(NC(=O)c2ccc(N)cc2)c1.Cc1ccc(N)cc1NC(=O)c1ccc(Oc2ccc(C(=O)Nc3cc(N)ccc3C)cc2)cc1.Nc1ccc(C(=O)Nc2ccc(Oc3ccc(NC(=O)c4ccc(N)cc4)cc3)cc2)cc1.Nc1ccc(NC(=O)c2cccc(C(=O)Nc3ccc(N)cc3)c2)cc1.[HH].[HH].[HH].[HH].[HH].[HH].[HH].[HH].[HH].[HH].[HH].[HH].[HH].[HH].[HH].[HH].[HH].[HH]. The van der Waals surface area contributed by atoms with Gasteiger partial charge in [0.05, 0.1) is 5.56 Å². The van der Waals surface area contributed by atoms with Gasteiger partial charge in [-0.2, -0.15) is 0 Å². The van der Waals surface area contributed by atoms with E-state index in [0.717, 1.165) is 11.1 Å². The Balaban J connectivity index is -0.000000307. The summed E-state index contributed by atoms with van der Waals surface area (Å²) in [5, 5.41) is 22.3. The van der Waals surface area contributed by atoms with Crippen molar-refractivity contribution in [1.29, 1.82) is 0 Å². The molecule has 0 spiro atoms. The van der Waals surface area contributed by atoms with E-state index in [-0.39, 0.29) is 78.1 Å². The van der Waals surface area contributed by atoms with Crippen LogP contribution < -0.4 is 97.9 Å². The van der Waals surface area contributed by atoms with Crippen molar-refractivity contribution >= 4 is 144 Å². The highest BCUT2D eigenvalue weighted by Gasteiger charge is 2.19. The van der Waals surface area contributed by atoms with Gasteiger partial charge in [-0.1, -0.05) is 18.2 Å². The minimum atomic E-state index is -0.861. The fourth-order valence-corrected chi connectivity index (χ4v) is 11.9. The molecule has 0 aliphatic heterocycles. The predicted octanol–water partition coefficient (Wildman–Crippen LogP) is 21.8. The maximum Gasteiger partial charge on any atom is 0.352 e. The third-order valence-electron chi connectivity index (χ3n) is 19.1. The summed E-state index contributed by atoms with van der Waals surface area (Å²) in [5.41, 5.74) is 59.7. The summed E-state index contributed by atoms with van der Waals surface area (Å²) in [5.74, 6) is 32.6. The van der Waals surface area contributed by atoms with Crippen LogP contribution in [0.25, 0.3) is 0 Å². The Morgan fingerprint density at radius 2 is 0.460 bits per heavy atom. The molecule has 139 heavy (non-hydrogen) atoms. The minimum absolute atomic E-state index is 0. The molecule has 0 aliphatic rings. The molecule has 14 aromatic carbocycles. The molecule has 8 amide bonds. The zero-order valence-corrected chi connectivity index (χ0v) is 74.2. The average molecular weight is 1870 g/mol. The predicted molar refractivity (Wildman–Crippen MR) is 585 cm³/mol. The number of carbonyl (C=O) groups is 9. The van der Waals surface area contributed by atoms with Crippen LogP contribution in [-0.2, 0) is 4.74 Å². The van der Waals surface area contributed by atoms with Crippen molar-refractivity contribution in [3.05, 3.63) is 383 Å². The first-order valence-electron chi connectivity index (χ1n) is 41.7. The first-order valence-corrected chi connectivity index (χ1v) is 41.7. The Morgan fingerprint density at radius 1 is 0.230 bits per heavy atom. The van der Waals surface area contributed by atoms with Crippen molar-refractivity contribution in [1.82, 2.24) is 0 Å². The van der Waals surface area contributed by atoms with E-state index in [9.17, 15) is 43.2 Å². The molecular formula is C111H120N16O12. The molecule has 0 radical (unpaired) electrons. The molecule has 0 heterocycles. The topological polar surface area (TPSA) is 486 Å². The molecule has 14 rings (SSSR count). The van der Waals surface area contributed by atoms with Gasteiger partial charge in [0.2, 0.25) is 0 Å². The van der Waals surface area contributed by atoms with E-state index in [4.69, 9.17) is 66.5 Å². The smallest absolute Gasteiger partial charge is 0.352 e. The lowest BCUT2D eigenvalue weighted by atomic mass is 10.1. The summed E-state index contributed by atoms with van der Waals surface area (Å²) >= 11 is 0. The number of nitrogens with two attached hydrogens (primary N) is 8. The number of terminal acetylenes is 1. The number of anilines is 16. The van der Waals surface area contributed by atoms with E-state index >= 15 is 0 Å². The van der Waals surface area contributed by atoms with E-state index in [0.29, 0.717) is 147 Å². The number of carbonyl (C=O) groups excluding carboxylic acids is 9. The average Bonchev–Trinajstić information content (AvgIpc) is 0.840. The molecule has 0 aliphatic carbocycles. The van der Waals surface area contributed by atoms with Gasteiger partial charge in [-0.3, -0.25) is 38.4 Å². The number of rotatable bonds is 21. The molecule has 0 bridgehead atoms. The molecule has 0 unspecified atom stereocenters. The van der Waals surface area contributed by atoms with E-state index in [1.807, 2.05) is 26.0 Å². The lowest BCUT2D eigenvalue weighted by molar-refractivity contribution is 0.0689. The second-order valence-corrected chi connectivity index (χ2v) is 29.5. The summed E-state index contributed by atoms with van der Waals surface area (Å²) in [6.07, 6.45) is 7.12. The molecule has 28 heteroatoms. The summed E-state index contributed by atoms with van der Waals surface area (Å²) in [7, 11) is 0. The molecule has 28 nitrogen and oxygen atoms in total. The number of benzene rings is 14. The van der Waals surface area contributed by atoms with E-state index in [1.165, 1.54) is 18.2 Å². The second kappa shape index (κ2) is 49.5. The molecule has 0 fully saturated rings. The van der Waals surface area contributed by atoms with Gasteiger partial charge in [0.1, 0.15) is 29.1 Å². The highest BCUT2D eigenvalue weighted by Crippen LogP contribution is 2.30. The molecule has 0 saturated carbocycles.